The summed E-state index contributed by atoms with van der Waals surface area (Å²) in [7, 11) is 0. The first-order valence-electron chi connectivity index (χ1n) is 9.95. The third-order valence-corrected chi connectivity index (χ3v) is 5.07. The van der Waals surface area contributed by atoms with Crippen molar-refractivity contribution < 1.29 is 9.18 Å². The van der Waals surface area contributed by atoms with Gasteiger partial charge in [0.25, 0.3) is 5.91 Å². The Morgan fingerprint density at radius 2 is 2.03 bits per heavy atom. The number of halogens is 1. The predicted octanol–water partition coefficient (Wildman–Crippen LogP) is 1.89. The summed E-state index contributed by atoms with van der Waals surface area (Å²) in [4.78, 5) is 21.8. The van der Waals surface area contributed by atoms with Gasteiger partial charge in [-0.3, -0.25) is 9.78 Å². The van der Waals surface area contributed by atoms with E-state index >= 15 is 0 Å². The van der Waals surface area contributed by atoms with Gasteiger partial charge in [0.05, 0.1) is 35.5 Å². The van der Waals surface area contributed by atoms with Crippen molar-refractivity contribution in [2.75, 3.05) is 10.6 Å². The normalized spacial score (nSPS) is 15.4. The molecule has 1 amide bonds. The number of nitrogens with two attached hydrogens (primary N) is 2. The van der Waals surface area contributed by atoms with Crippen LogP contribution in [0.4, 0.5) is 21.7 Å². The van der Waals surface area contributed by atoms with E-state index in [1.807, 2.05) is 13.8 Å². The molecule has 6 N–H and O–H groups in total. The lowest BCUT2D eigenvalue weighted by Gasteiger charge is -2.23. The average molecular weight is 425 g/mol. The average Bonchev–Trinajstić information content (AvgIpc) is 3.47. The molecule has 0 aliphatic heterocycles. The van der Waals surface area contributed by atoms with E-state index in [0.717, 1.165) is 24.6 Å². The van der Waals surface area contributed by atoms with E-state index in [0.29, 0.717) is 17.3 Å². The van der Waals surface area contributed by atoms with Crippen LogP contribution in [0.25, 0.3) is 5.69 Å². The molecule has 1 fully saturated rings. The van der Waals surface area contributed by atoms with Crippen molar-refractivity contribution in [2.45, 2.75) is 38.8 Å². The van der Waals surface area contributed by atoms with E-state index in [2.05, 4.69) is 30.8 Å². The van der Waals surface area contributed by atoms with Crippen molar-refractivity contribution >= 4 is 23.2 Å². The zero-order valence-electron chi connectivity index (χ0n) is 17.2. The maximum absolute atomic E-state index is 14.7. The van der Waals surface area contributed by atoms with Crippen LogP contribution < -0.4 is 22.1 Å². The third-order valence-electron chi connectivity index (χ3n) is 5.07. The summed E-state index contributed by atoms with van der Waals surface area (Å²) in [5.74, 6) is -0.984. The van der Waals surface area contributed by atoms with Crippen LogP contribution in [0.15, 0.2) is 30.7 Å². The lowest BCUT2D eigenvalue weighted by atomic mass is 10.1. The molecule has 0 aromatic carbocycles. The fraction of sp³-hybridized carbons (Fsp3) is 0.350. The smallest absolute Gasteiger partial charge is 0.252 e. The Morgan fingerprint density at radius 1 is 1.26 bits per heavy atom. The van der Waals surface area contributed by atoms with Crippen LogP contribution in [-0.4, -0.2) is 43.0 Å². The molecular weight excluding hydrogens is 401 g/mol. The van der Waals surface area contributed by atoms with E-state index < -0.39 is 11.7 Å². The van der Waals surface area contributed by atoms with Gasteiger partial charge in [-0.05, 0) is 44.7 Å². The Hall–Kier alpha value is -3.60. The molecule has 0 bridgehead atoms. The van der Waals surface area contributed by atoms with Crippen LogP contribution in [0.2, 0.25) is 0 Å². The lowest BCUT2D eigenvalue weighted by Crippen LogP contribution is -2.40. The molecule has 11 heteroatoms. The van der Waals surface area contributed by atoms with E-state index in [4.69, 9.17) is 11.5 Å². The second-order valence-electron chi connectivity index (χ2n) is 7.78. The number of aromatic nitrogens is 5. The topological polar surface area (TPSA) is 150 Å². The quantitative estimate of drug-likeness (QED) is 0.427. The first kappa shape index (κ1) is 20.7. The van der Waals surface area contributed by atoms with Crippen molar-refractivity contribution in [3.05, 3.63) is 47.8 Å². The van der Waals surface area contributed by atoms with Gasteiger partial charge in [-0.1, -0.05) is 0 Å². The number of nitrogens with zero attached hydrogens (tertiary/aromatic N) is 5. The van der Waals surface area contributed by atoms with Crippen LogP contribution in [-0.2, 0) is 0 Å². The number of nitrogens with one attached hydrogen (secondary N) is 2. The second-order valence-corrected chi connectivity index (χ2v) is 7.78. The largest absolute Gasteiger partial charge is 0.365 e. The molecule has 0 spiro atoms. The highest BCUT2D eigenvalue weighted by Gasteiger charge is 2.34. The molecule has 10 nitrogen and oxygen atoms in total. The molecule has 1 aliphatic carbocycles. The van der Waals surface area contributed by atoms with E-state index in [1.54, 1.807) is 18.5 Å². The Bertz CT molecular complexity index is 1110. The molecule has 2 atom stereocenters. The SMILES string of the molecule is Cc1cnn(-c2cncc(Nc3nc(N[C@H](C4CC4)[C@H](C)N)c(F)cc3C(N)=O)c2)n1. The molecule has 3 heterocycles. The van der Waals surface area contributed by atoms with Gasteiger partial charge >= 0.3 is 0 Å². The molecule has 1 saturated carbocycles. The van der Waals surface area contributed by atoms with E-state index in [9.17, 15) is 9.18 Å². The van der Waals surface area contributed by atoms with Gasteiger partial charge in [0.2, 0.25) is 0 Å². The highest BCUT2D eigenvalue weighted by Crippen LogP contribution is 2.36. The molecule has 0 unspecified atom stereocenters. The fourth-order valence-corrected chi connectivity index (χ4v) is 3.37. The minimum absolute atomic E-state index is 0.00943. The molecule has 3 aromatic rings. The zero-order valence-corrected chi connectivity index (χ0v) is 17.2. The van der Waals surface area contributed by atoms with Gasteiger partial charge in [-0.2, -0.15) is 10.2 Å². The summed E-state index contributed by atoms with van der Waals surface area (Å²) >= 11 is 0. The molecule has 0 saturated heterocycles. The summed E-state index contributed by atoms with van der Waals surface area (Å²) in [6.07, 6.45) is 6.82. The Balaban J connectivity index is 1.66. The number of rotatable bonds is 8. The fourth-order valence-electron chi connectivity index (χ4n) is 3.37. The van der Waals surface area contributed by atoms with Crippen LogP contribution in [0.1, 0.15) is 35.8 Å². The second kappa shape index (κ2) is 8.26. The molecule has 31 heavy (non-hydrogen) atoms. The highest BCUT2D eigenvalue weighted by atomic mass is 19.1. The van der Waals surface area contributed by atoms with Gasteiger partial charge in [0.15, 0.2) is 11.6 Å². The third kappa shape index (κ3) is 4.61. The predicted molar refractivity (Wildman–Crippen MR) is 114 cm³/mol. The Morgan fingerprint density at radius 3 is 2.65 bits per heavy atom. The number of amides is 1. The summed E-state index contributed by atoms with van der Waals surface area (Å²) < 4.78 is 14.7. The minimum atomic E-state index is -0.806. The first-order valence-corrected chi connectivity index (χ1v) is 9.95. The standard InChI is InChI=1S/C20H24FN9O/c1-10-7-25-30(29-10)14-5-13(8-24-9-14)26-19-15(18(23)31)6-16(21)20(28-19)27-17(11(2)22)12-3-4-12/h5-9,11-12,17H,3-4,22H2,1-2H3,(H2,23,31)(H2,26,27,28)/t11-,17-/m0/s1. The summed E-state index contributed by atoms with van der Waals surface area (Å²) in [5.41, 5.74) is 13.3. The monoisotopic (exact) mass is 425 g/mol. The van der Waals surface area contributed by atoms with Gasteiger partial charge in [-0.25, -0.2) is 9.37 Å². The van der Waals surface area contributed by atoms with Crippen molar-refractivity contribution in [2.24, 2.45) is 17.4 Å². The number of hydrogen-bond donors (Lipinski definition) is 4. The molecule has 1 aliphatic rings. The number of carbonyl (C=O) groups excluding carboxylic acids is 1. The maximum Gasteiger partial charge on any atom is 0.252 e. The van der Waals surface area contributed by atoms with Crippen molar-refractivity contribution in [1.82, 2.24) is 25.0 Å². The zero-order chi connectivity index (χ0) is 22.1. The van der Waals surface area contributed by atoms with Crippen LogP contribution in [0.3, 0.4) is 0 Å². The molecule has 162 valence electrons. The number of pyridine rings is 2. The van der Waals surface area contributed by atoms with Gasteiger partial charge in [0, 0.05) is 12.1 Å². The Kier molecular flexibility index (Phi) is 5.51. The number of aryl methyl sites for hydroxylation is 1. The van der Waals surface area contributed by atoms with Gasteiger partial charge in [-0.15, -0.1) is 4.80 Å². The lowest BCUT2D eigenvalue weighted by molar-refractivity contribution is 0.100. The van der Waals surface area contributed by atoms with E-state index in [1.165, 1.54) is 11.0 Å². The maximum atomic E-state index is 14.7. The number of carbonyl (C=O) groups is 1. The molecule has 0 radical (unpaired) electrons. The minimum Gasteiger partial charge on any atom is -0.365 e. The van der Waals surface area contributed by atoms with Crippen LogP contribution in [0.5, 0.6) is 0 Å². The summed E-state index contributed by atoms with van der Waals surface area (Å²) in [6, 6.07) is 2.49. The molecule has 4 rings (SSSR count). The van der Waals surface area contributed by atoms with Gasteiger partial charge < -0.3 is 22.1 Å². The number of primary amides is 1. The van der Waals surface area contributed by atoms with Crippen molar-refractivity contribution in [1.29, 1.82) is 0 Å². The first-order chi connectivity index (χ1) is 14.8. The van der Waals surface area contributed by atoms with E-state index in [-0.39, 0.29) is 29.3 Å². The summed E-state index contributed by atoms with van der Waals surface area (Å²) in [5, 5.41) is 14.5. The van der Waals surface area contributed by atoms with Crippen molar-refractivity contribution in [3.63, 3.8) is 0 Å². The Labute approximate surface area is 178 Å². The van der Waals surface area contributed by atoms with Crippen LogP contribution in [0, 0.1) is 18.7 Å². The van der Waals surface area contributed by atoms with Crippen LogP contribution >= 0.6 is 0 Å². The van der Waals surface area contributed by atoms with Gasteiger partial charge in [0.1, 0.15) is 11.5 Å². The van der Waals surface area contributed by atoms with Crippen molar-refractivity contribution in [3.8, 4) is 5.69 Å². The summed E-state index contributed by atoms with van der Waals surface area (Å²) in [6.45, 7) is 3.69. The molecule has 3 aromatic heterocycles. The highest BCUT2D eigenvalue weighted by molar-refractivity contribution is 5.98. The number of hydrogen-bond acceptors (Lipinski definition) is 8. The number of anilines is 3. The molecular formula is C20H24FN9O.